The van der Waals surface area contributed by atoms with Gasteiger partial charge < -0.3 is 11.1 Å². The Bertz CT molecular complexity index is 568. The Kier molecular flexibility index (Phi) is 3.06. The molecule has 17 heavy (non-hydrogen) atoms. The summed E-state index contributed by atoms with van der Waals surface area (Å²) in [5.41, 5.74) is 6.21. The molecule has 2 aromatic rings. The van der Waals surface area contributed by atoms with E-state index in [4.69, 9.17) is 5.73 Å². The minimum absolute atomic E-state index is 0.265. The van der Waals surface area contributed by atoms with Crippen molar-refractivity contribution >= 4 is 28.6 Å². The number of thiazole rings is 1. The van der Waals surface area contributed by atoms with Gasteiger partial charge in [-0.15, -0.1) is 11.3 Å². The molecule has 1 amide bonds. The van der Waals surface area contributed by atoms with Crippen molar-refractivity contribution in [3.8, 4) is 0 Å². The fraction of sp³-hybridized carbons (Fsp3) is 0.0909. The van der Waals surface area contributed by atoms with E-state index in [1.54, 1.807) is 6.92 Å². The number of nitrogen functional groups attached to an aromatic ring is 1. The summed E-state index contributed by atoms with van der Waals surface area (Å²) in [7, 11) is 0. The number of aromatic nitrogens is 1. The van der Waals surface area contributed by atoms with E-state index in [2.05, 4.69) is 10.3 Å². The van der Waals surface area contributed by atoms with Crippen molar-refractivity contribution in [3.05, 3.63) is 40.1 Å². The van der Waals surface area contributed by atoms with E-state index in [9.17, 15) is 9.18 Å². The number of halogens is 1. The fourth-order valence-corrected chi connectivity index (χ4v) is 1.96. The number of nitrogens with two attached hydrogens (primary N) is 1. The average molecular weight is 251 g/mol. The minimum atomic E-state index is -0.449. The summed E-state index contributed by atoms with van der Waals surface area (Å²) in [6.45, 7) is 1.80. The number of carbonyl (C=O) groups excluding carboxylic acids is 1. The van der Waals surface area contributed by atoms with Gasteiger partial charge in [0.2, 0.25) is 0 Å². The SMILES string of the molecule is Cc1ncc(C(=O)Nc2cc(F)ccc2N)s1. The van der Waals surface area contributed by atoms with Gasteiger partial charge in [0, 0.05) is 0 Å². The Balaban J connectivity index is 2.21. The summed E-state index contributed by atoms with van der Waals surface area (Å²) in [6.07, 6.45) is 1.48. The highest BCUT2D eigenvalue weighted by molar-refractivity contribution is 7.13. The molecule has 0 unspecified atom stereocenters. The van der Waals surface area contributed by atoms with Gasteiger partial charge in [-0.05, 0) is 25.1 Å². The van der Waals surface area contributed by atoms with Gasteiger partial charge in [0.05, 0.1) is 22.6 Å². The van der Waals surface area contributed by atoms with Crippen LogP contribution in [0.5, 0.6) is 0 Å². The molecule has 88 valence electrons. The van der Waals surface area contributed by atoms with Gasteiger partial charge in [0.15, 0.2) is 0 Å². The molecular weight excluding hydrogens is 241 g/mol. The van der Waals surface area contributed by atoms with E-state index in [0.29, 0.717) is 10.6 Å². The van der Waals surface area contributed by atoms with Crippen molar-refractivity contribution in [3.63, 3.8) is 0 Å². The second-order valence-corrected chi connectivity index (χ2v) is 4.66. The number of rotatable bonds is 2. The van der Waals surface area contributed by atoms with Crippen molar-refractivity contribution in [1.82, 2.24) is 4.98 Å². The highest BCUT2D eigenvalue weighted by Gasteiger charge is 2.11. The van der Waals surface area contributed by atoms with Crippen LogP contribution in [0.2, 0.25) is 0 Å². The minimum Gasteiger partial charge on any atom is -0.397 e. The molecule has 0 fully saturated rings. The average Bonchev–Trinajstić information content (AvgIpc) is 2.70. The van der Waals surface area contributed by atoms with Crippen LogP contribution >= 0.6 is 11.3 Å². The lowest BCUT2D eigenvalue weighted by Crippen LogP contribution is -2.11. The summed E-state index contributed by atoms with van der Waals surface area (Å²) in [5.74, 6) is -0.789. The molecule has 0 aliphatic heterocycles. The molecule has 0 saturated heterocycles. The molecule has 0 saturated carbocycles. The molecule has 1 aromatic heterocycles. The summed E-state index contributed by atoms with van der Waals surface area (Å²) < 4.78 is 13.0. The number of hydrogen-bond donors (Lipinski definition) is 2. The number of amides is 1. The van der Waals surface area contributed by atoms with E-state index in [0.717, 1.165) is 5.01 Å². The van der Waals surface area contributed by atoms with Crippen LogP contribution in [0.3, 0.4) is 0 Å². The van der Waals surface area contributed by atoms with Crippen LogP contribution in [-0.2, 0) is 0 Å². The monoisotopic (exact) mass is 251 g/mol. The van der Waals surface area contributed by atoms with Crippen LogP contribution in [0.4, 0.5) is 15.8 Å². The van der Waals surface area contributed by atoms with Crippen LogP contribution in [0.25, 0.3) is 0 Å². The maximum atomic E-state index is 13.0. The Morgan fingerprint density at radius 1 is 1.53 bits per heavy atom. The zero-order valence-corrected chi connectivity index (χ0v) is 9.84. The quantitative estimate of drug-likeness (QED) is 0.805. The topological polar surface area (TPSA) is 68.0 Å². The first-order chi connectivity index (χ1) is 8.06. The van der Waals surface area contributed by atoms with E-state index >= 15 is 0 Å². The number of benzene rings is 1. The number of nitrogens with one attached hydrogen (secondary N) is 1. The molecule has 1 heterocycles. The lowest BCUT2D eigenvalue weighted by Gasteiger charge is -2.06. The van der Waals surface area contributed by atoms with E-state index < -0.39 is 5.82 Å². The van der Waals surface area contributed by atoms with Crippen LogP contribution in [-0.4, -0.2) is 10.9 Å². The zero-order valence-electron chi connectivity index (χ0n) is 9.03. The van der Waals surface area contributed by atoms with Crippen molar-refractivity contribution in [2.45, 2.75) is 6.92 Å². The molecule has 0 aliphatic rings. The van der Waals surface area contributed by atoms with E-state index in [1.165, 1.54) is 35.7 Å². The first kappa shape index (κ1) is 11.5. The second kappa shape index (κ2) is 4.50. The predicted octanol–water partition coefficient (Wildman–Crippen LogP) is 2.43. The number of hydrogen-bond acceptors (Lipinski definition) is 4. The summed E-state index contributed by atoms with van der Waals surface area (Å²) in [6, 6.07) is 3.83. The third kappa shape index (κ3) is 2.59. The molecule has 0 radical (unpaired) electrons. The van der Waals surface area contributed by atoms with Gasteiger partial charge in [0.25, 0.3) is 5.91 Å². The van der Waals surface area contributed by atoms with E-state index in [-0.39, 0.29) is 11.6 Å². The standard InChI is InChI=1S/C11H10FN3OS/c1-6-14-5-10(17-6)11(16)15-9-4-7(12)2-3-8(9)13/h2-5H,13H2,1H3,(H,15,16). The number of aryl methyl sites for hydroxylation is 1. The number of anilines is 2. The largest absolute Gasteiger partial charge is 0.397 e. The molecule has 2 rings (SSSR count). The lowest BCUT2D eigenvalue weighted by atomic mass is 10.2. The Labute approximate surface area is 101 Å². The van der Waals surface area contributed by atoms with Gasteiger partial charge >= 0.3 is 0 Å². The second-order valence-electron chi connectivity index (χ2n) is 3.43. The lowest BCUT2D eigenvalue weighted by molar-refractivity contribution is 0.103. The predicted molar refractivity (Wildman–Crippen MR) is 65.6 cm³/mol. The molecule has 6 heteroatoms. The molecular formula is C11H10FN3OS. The first-order valence-corrected chi connectivity index (χ1v) is 5.67. The van der Waals surface area contributed by atoms with Crippen LogP contribution < -0.4 is 11.1 Å². The zero-order chi connectivity index (χ0) is 12.4. The summed E-state index contributed by atoms with van der Waals surface area (Å²) in [5, 5.41) is 3.34. The fourth-order valence-electron chi connectivity index (χ4n) is 1.29. The third-order valence-corrected chi connectivity index (χ3v) is 3.02. The highest BCUT2D eigenvalue weighted by atomic mass is 32.1. The van der Waals surface area contributed by atoms with Gasteiger partial charge in [-0.3, -0.25) is 4.79 Å². The molecule has 3 N–H and O–H groups in total. The van der Waals surface area contributed by atoms with Gasteiger partial charge in [0.1, 0.15) is 10.7 Å². The Morgan fingerprint density at radius 2 is 2.29 bits per heavy atom. The third-order valence-electron chi connectivity index (χ3n) is 2.11. The normalized spacial score (nSPS) is 10.2. The Morgan fingerprint density at radius 3 is 2.94 bits per heavy atom. The highest BCUT2D eigenvalue weighted by Crippen LogP contribution is 2.21. The van der Waals surface area contributed by atoms with Crippen LogP contribution in [0.1, 0.15) is 14.7 Å². The number of nitrogens with zero attached hydrogens (tertiary/aromatic N) is 1. The van der Waals surface area contributed by atoms with Gasteiger partial charge in [-0.2, -0.15) is 0 Å². The first-order valence-electron chi connectivity index (χ1n) is 4.85. The molecule has 1 aromatic carbocycles. The molecule has 0 aliphatic carbocycles. The number of carbonyl (C=O) groups is 1. The smallest absolute Gasteiger partial charge is 0.267 e. The van der Waals surface area contributed by atoms with Crippen molar-refractivity contribution in [1.29, 1.82) is 0 Å². The molecule has 4 nitrogen and oxygen atoms in total. The van der Waals surface area contributed by atoms with E-state index in [1.807, 2.05) is 0 Å². The van der Waals surface area contributed by atoms with Gasteiger partial charge in [-0.1, -0.05) is 0 Å². The van der Waals surface area contributed by atoms with Crippen LogP contribution in [0.15, 0.2) is 24.4 Å². The molecule has 0 spiro atoms. The van der Waals surface area contributed by atoms with Gasteiger partial charge in [-0.25, -0.2) is 9.37 Å². The van der Waals surface area contributed by atoms with Crippen molar-refractivity contribution in [2.75, 3.05) is 11.1 Å². The summed E-state index contributed by atoms with van der Waals surface area (Å²) in [4.78, 5) is 16.2. The Hall–Kier alpha value is -1.95. The maximum Gasteiger partial charge on any atom is 0.267 e. The molecule has 0 bridgehead atoms. The maximum absolute atomic E-state index is 13.0. The van der Waals surface area contributed by atoms with Crippen molar-refractivity contribution in [2.24, 2.45) is 0 Å². The van der Waals surface area contributed by atoms with Crippen LogP contribution in [0, 0.1) is 12.7 Å². The van der Waals surface area contributed by atoms with Crippen molar-refractivity contribution < 1.29 is 9.18 Å². The summed E-state index contributed by atoms with van der Waals surface area (Å²) >= 11 is 1.27. The molecule has 0 atom stereocenters.